The van der Waals surface area contributed by atoms with Gasteiger partial charge in [-0.25, -0.2) is 4.79 Å². The molecule has 0 saturated heterocycles. The van der Waals surface area contributed by atoms with Gasteiger partial charge in [-0.05, 0) is 67.3 Å². The molecule has 2 aromatic rings. The van der Waals surface area contributed by atoms with Crippen molar-refractivity contribution in [1.29, 1.82) is 0 Å². The van der Waals surface area contributed by atoms with Gasteiger partial charge >= 0.3 is 5.97 Å². The Bertz CT molecular complexity index is 1180. The highest BCUT2D eigenvalue weighted by Gasteiger charge is 2.41. The minimum absolute atomic E-state index is 0.0489. The molecule has 1 aliphatic carbocycles. The van der Waals surface area contributed by atoms with Gasteiger partial charge in [-0.2, -0.15) is 11.8 Å². The molecule has 0 unspecified atom stereocenters. The number of Topliss-reactive ketones (excluding diaryl/α,β-unsaturated/α-hetero) is 1. The highest BCUT2D eigenvalue weighted by molar-refractivity contribution is 7.99. The first-order valence-electron chi connectivity index (χ1n) is 12.8. The zero-order chi connectivity index (χ0) is 26.4. The monoisotopic (exact) mass is 521 g/mol. The molecule has 2 atom stereocenters. The van der Waals surface area contributed by atoms with E-state index in [4.69, 9.17) is 14.2 Å². The fourth-order valence-electron chi connectivity index (χ4n) is 5.09. The van der Waals surface area contributed by atoms with Gasteiger partial charge < -0.3 is 19.5 Å². The summed E-state index contributed by atoms with van der Waals surface area (Å²) in [5, 5.41) is 3.42. The van der Waals surface area contributed by atoms with Gasteiger partial charge in [-0.1, -0.05) is 31.2 Å². The third kappa shape index (κ3) is 6.04. The maximum atomic E-state index is 13.7. The molecule has 1 aliphatic heterocycles. The molecule has 0 amide bonds. The van der Waals surface area contributed by atoms with Crippen LogP contribution in [0.1, 0.15) is 56.6 Å². The van der Waals surface area contributed by atoms with Gasteiger partial charge in [0, 0.05) is 35.1 Å². The first kappa shape index (κ1) is 26.9. The molecule has 0 fully saturated rings. The summed E-state index contributed by atoms with van der Waals surface area (Å²) >= 11 is 1.73. The Morgan fingerprint density at radius 1 is 1.00 bits per heavy atom. The van der Waals surface area contributed by atoms with Gasteiger partial charge in [-0.15, -0.1) is 0 Å². The van der Waals surface area contributed by atoms with Crippen molar-refractivity contribution in [3.05, 3.63) is 82.2 Å². The summed E-state index contributed by atoms with van der Waals surface area (Å²) in [4.78, 5) is 27.1. The molecule has 2 aliphatic rings. The number of ketones is 1. The number of rotatable bonds is 10. The number of carbonyl (C=O) groups is 2. The Balaban J connectivity index is 1.69. The number of hydrogen-bond acceptors (Lipinski definition) is 7. The second-order valence-corrected chi connectivity index (χ2v) is 10.5. The highest BCUT2D eigenvalue weighted by atomic mass is 32.2. The van der Waals surface area contributed by atoms with E-state index in [9.17, 15) is 9.59 Å². The molecule has 1 heterocycles. The van der Waals surface area contributed by atoms with E-state index >= 15 is 0 Å². The Morgan fingerprint density at radius 3 is 2.32 bits per heavy atom. The zero-order valence-electron chi connectivity index (χ0n) is 22.0. The number of dihydropyridines is 1. The van der Waals surface area contributed by atoms with Crippen LogP contribution < -0.4 is 14.8 Å². The molecule has 0 aromatic heterocycles. The maximum Gasteiger partial charge on any atom is 0.336 e. The third-order valence-electron chi connectivity index (χ3n) is 6.82. The average molecular weight is 522 g/mol. The van der Waals surface area contributed by atoms with Crippen molar-refractivity contribution >= 4 is 23.5 Å². The van der Waals surface area contributed by atoms with Crippen LogP contribution in [0.5, 0.6) is 11.5 Å². The molecule has 196 valence electrons. The van der Waals surface area contributed by atoms with E-state index in [1.54, 1.807) is 18.9 Å². The van der Waals surface area contributed by atoms with Crippen LogP contribution in [-0.2, 0) is 14.3 Å². The Kier molecular flexibility index (Phi) is 8.98. The summed E-state index contributed by atoms with van der Waals surface area (Å²) in [5.41, 5.74) is 4.75. The summed E-state index contributed by atoms with van der Waals surface area (Å²) in [6, 6.07) is 15.6. The van der Waals surface area contributed by atoms with Gasteiger partial charge in [0.25, 0.3) is 0 Å². The van der Waals surface area contributed by atoms with Crippen molar-refractivity contribution in [1.82, 2.24) is 5.32 Å². The minimum Gasteiger partial charge on any atom is -0.497 e. The molecule has 1 N–H and O–H groups in total. The average Bonchev–Trinajstić information content (AvgIpc) is 2.91. The molecular formula is C30H35NO5S. The first-order valence-corrected chi connectivity index (χ1v) is 14.0. The van der Waals surface area contributed by atoms with Crippen LogP contribution in [0.15, 0.2) is 71.1 Å². The van der Waals surface area contributed by atoms with Crippen LogP contribution in [0.2, 0.25) is 0 Å². The first-order chi connectivity index (χ1) is 18.0. The molecular weight excluding hydrogens is 486 g/mol. The standard InChI is InChI=1S/C30H35NO5S/c1-5-35-24-13-9-21(10-14-24)28-27(30(33)36-15-16-37-6-2)19(3)31-25-17-22(18-26(32)29(25)28)20-7-11-23(34-4)12-8-20/h7-14,22,28,31H,5-6,15-18H2,1-4H3/t22-,28+/m1/s1. The van der Waals surface area contributed by atoms with Gasteiger partial charge in [-0.3, -0.25) is 4.79 Å². The number of hydrogen-bond donors (Lipinski definition) is 1. The second-order valence-electron chi connectivity index (χ2n) is 9.13. The van der Waals surface area contributed by atoms with E-state index < -0.39 is 5.92 Å². The van der Waals surface area contributed by atoms with E-state index in [0.29, 0.717) is 37.2 Å². The lowest BCUT2D eigenvalue weighted by Gasteiger charge is -2.36. The van der Waals surface area contributed by atoms with Gasteiger partial charge in [0.15, 0.2) is 5.78 Å². The number of benzene rings is 2. The van der Waals surface area contributed by atoms with Crippen molar-refractivity contribution in [2.45, 2.75) is 45.4 Å². The lowest BCUT2D eigenvalue weighted by molar-refractivity contribution is -0.138. The van der Waals surface area contributed by atoms with Crippen LogP contribution in [0.25, 0.3) is 0 Å². The molecule has 4 rings (SSSR count). The number of nitrogens with one attached hydrogen (secondary N) is 1. The molecule has 2 aromatic carbocycles. The number of esters is 1. The molecule has 0 radical (unpaired) electrons. The SMILES string of the molecule is CCOc1ccc([C@H]2C(C(=O)OCCSCC)=C(C)NC3=C2C(=O)C[C@H](c2ccc(OC)cc2)C3)cc1. The molecule has 0 spiro atoms. The highest BCUT2D eigenvalue weighted by Crippen LogP contribution is 2.46. The molecule has 0 bridgehead atoms. The fraction of sp³-hybridized carbons (Fsp3) is 0.400. The van der Waals surface area contributed by atoms with E-state index in [-0.39, 0.29) is 17.7 Å². The predicted molar refractivity (Wildman–Crippen MR) is 147 cm³/mol. The van der Waals surface area contributed by atoms with Gasteiger partial charge in [0.2, 0.25) is 0 Å². The van der Waals surface area contributed by atoms with E-state index in [1.807, 2.05) is 62.4 Å². The fourth-order valence-corrected chi connectivity index (χ4v) is 5.58. The smallest absolute Gasteiger partial charge is 0.336 e. The number of allylic oxidation sites excluding steroid dienone is 3. The van der Waals surface area contributed by atoms with E-state index in [1.165, 1.54) is 0 Å². The van der Waals surface area contributed by atoms with E-state index in [2.05, 4.69) is 12.2 Å². The van der Waals surface area contributed by atoms with Crippen molar-refractivity contribution in [3.63, 3.8) is 0 Å². The van der Waals surface area contributed by atoms with Crippen LogP contribution in [0.3, 0.4) is 0 Å². The summed E-state index contributed by atoms with van der Waals surface area (Å²) < 4.78 is 16.6. The second kappa shape index (κ2) is 12.4. The minimum atomic E-state index is -0.484. The molecule has 7 heteroatoms. The van der Waals surface area contributed by atoms with Crippen LogP contribution in [0.4, 0.5) is 0 Å². The quantitative estimate of drug-likeness (QED) is 0.315. The summed E-state index contributed by atoms with van der Waals surface area (Å²) in [5.74, 6) is 2.49. The summed E-state index contributed by atoms with van der Waals surface area (Å²) in [7, 11) is 1.64. The topological polar surface area (TPSA) is 73.9 Å². The van der Waals surface area contributed by atoms with Crippen molar-refractivity contribution in [2.24, 2.45) is 0 Å². The Labute approximate surface area is 223 Å². The number of methoxy groups -OCH3 is 1. The summed E-state index contributed by atoms with van der Waals surface area (Å²) in [6.07, 6.45) is 1.07. The number of thioether (sulfide) groups is 1. The zero-order valence-corrected chi connectivity index (χ0v) is 22.8. The predicted octanol–water partition coefficient (Wildman–Crippen LogP) is 5.75. The van der Waals surface area contributed by atoms with Gasteiger partial charge in [0.05, 0.1) is 19.3 Å². The third-order valence-corrected chi connectivity index (χ3v) is 7.69. The van der Waals surface area contributed by atoms with Crippen molar-refractivity contribution < 1.29 is 23.8 Å². The number of carbonyl (C=O) groups excluding carboxylic acids is 2. The van der Waals surface area contributed by atoms with Crippen molar-refractivity contribution in [2.75, 3.05) is 31.8 Å². The Morgan fingerprint density at radius 2 is 1.68 bits per heavy atom. The normalized spacial score (nSPS) is 19.3. The van der Waals surface area contributed by atoms with E-state index in [0.717, 1.165) is 45.5 Å². The van der Waals surface area contributed by atoms with Gasteiger partial charge in [0.1, 0.15) is 18.1 Å². The molecule has 0 saturated carbocycles. The molecule has 6 nitrogen and oxygen atoms in total. The van der Waals surface area contributed by atoms with Crippen LogP contribution >= 0.6 is 11.8 Å². The largest absolute Gasteiger partial charge is 0.497 e. The Hall–Kier alpha value is -3.19. The molecule has 37 heavy (non-hydrogen) atoms. The number of ether oxygens (including phenoxy) is 3. The van der Waals surface area contributed by atoms with Crippen LogP contribution in [-0.4, -0.2) is 43.6 Å². The lowest BCUT2D eigenvalue weighted by Crippen LogP contribution is -2.36. The summed E-state index contributed by atoms with van der Waals surface area (Å²) in [6.45, 7) is 6.82. The van der Waals surface area contributed by atoms with Crippen molar-refractivity contribution in [3.8, 4) is 11.5 Å². The lowest BCUT2D eigenvalue weighted by atomic mass is 9.71. The maximum absolute atomic E-state index is 13.7. The van der Waals surface area contributed by atoms with Crippen LogP contribution in [0, 0.1) is 0 Å².